The zero-order valence-corrected chi connectivity index (χ0v) is 13.8. The minimum Gasteiger partial charge on any atom is -0.508 e. The Labute approximate surface area is 138 Å². The number of esters is 2. The van der Waals surface area contributed by atoms with Crippen molar-refractivity contribution in [2.45, 2.75) is 32.3 Å². The Morgan fingerprint density at radius 1 is 1.08 bits per heavy atom. The molecule has 3 rings (SSSR count). The van der Waals surface area contributed by atoms with E-state index in [-0.39, 0.29) is 11.5 Å². The number of carbonyl (C=O) groups excluding carboxylic acids is 2. The van der Waals surface area contributed by atoms with Crippen LogP contribution in [-0.4, -0.2) is 29.3 Å². The van der Waals surface area contributed by atoms with E-state index in [1.54, 1.807) is 26.8 Å². The molecule has 1 atom stereocenters. The summed E-state index contributed by atoms with van der Waals surface area (Å²) >= 11 is 0. The maximum absolute atomic E-state index is 12.3. The SMILES string of the molecule is COC1C(=O)OC(=O)C(C)(C)c2cc(O)c3cc(C)c(O)cc3c21. The Balaban J connectivity index is 2.52. The van der Waals surface area contributed by atoms with Crippen molar-refractivity contribution >= 4 is 22.7 Å². The molecule has 0 radical (unpaired) electrons. The average molecular weight is 330 g/mol. The predicted octanol–water partition coefficient (Wildman–Crippen LogP) is 2.61. The van der Waals surface area contributed by atoms with Gasteiger partial charge in [-0.05, 0) is 55.5 Å². The highest BCUT2D eigenvalue weighted by atomic mass is 16.6. The van der Waals surface area contributed by atoms with Gasteiger partial charge in [0.05, 0.1) is 5.41 Å². The summed E-state index contributed by atoms with van der Waals surface area (Å²) in [4.78, 5) is 24.6. The molecule has 6 nitrogen and oxygen atoms in total. The van der Waals surface area contributed by atoms with Gasteiger partial charge in [0.15, 0.2) is 6.10 Å². The standard InChI is InChI=1S/C18H18O6/c1-8-5-9-10(6-12(8)19)14-11(7-13(9)20)18(2,3)17(22)24-16(21)15(14)23-4/h5-7,15,19-20H,1-4H3. The van der Waals surface area contributed by atoms with E-state index >= 15 is 0 Å². The summed E-state index contributed by atoms with van der Waals surface area (Å²) in [5, 5.41) is 21.4. The molecule has 2 N–H and O–H groups in total. The number of rotatable bonds is 1. The molecular formula is C18H18O6. The first-order chi connectivity index (χ1) is 11.2. The number of methoxy groups -OCH3 is 1. The number of cyclic esters (lactones) is 2. The quantitative estimate of drug-likeness (QED) is 0.617. The van der Waals surface area contributed by atoms with Gasteiger partial charge in [-0.2, -0.15) is 0 Å². The highest BCUT2D eigenvalue weighted by Crippen LogP contribution is 2.45. The number of carbonyl (C=O) groups is 2. The summed E-state index contributed by atoms with van der Waals surface area (Å²) in [7, 11) is 1.34. The molecule has 24 heavy (non-hydrogen) atoms. The van der Waals surface area contributed by atoms with E-state index in [0.29, 0.717) is 27.5 Å². The van der Waals surface area contributed by atoms with E-state index in [2.05, 4.69) is 0 Å². The maximum Gasteiger partial charge on any atom is 0.347 e. The Morgan fingerprint density at radius 2 is 1.75 bits per heavy atom. The van der Waals surface area contributed by atoms with Crippen LogP contribution in [0.3, 0.4) is 0 Å². The van der Waals surface area contributed by atoms with E-state index in [9.17, 15) is 19.8 Å². The lowest BCUT2D eigenvalue weighted by molar-refractivity contribution is -0.169. The van der Waals surface area contributed by atoms with Crippen LogP contribution in [0.2, 0.25) is 0 Å². The lowest BCUT2D eigenvalue weighted by atomic mass is 9.79. The van der Waals surface area contributed by atoms with Gasteiger partial charge in [-0.3, -0.25) is 4.79 Å². The molecule has 1 unspecified atom stereocenters. The van der Waals surface area contributed by atoms with Crippen LogP contribution in [0.15, 0.2) is 18.2 Å². The second kappa shape index (κ2) is 5.21. The Kier molecular flexibility index (Phi) is 3.53. The van der Waals surface area contributed by atoms with Gasteiger partial charge in [-0.1, -0.05) is 0 Å². The fraction of sp³-hybridized carbons (Fsp3) is 0.333. The molecule has 0 spiro atoms. The van der Waals surface area contributed by atoms with E-state index < -0.39 is 23.5 Å². The average Bonchev–Trinajstić information content (AvgIpc) is 2.57. The van der Waals surface area contributed by atoms with Gasteiger partial charge in [-0.25, -0.2) is 4.79 Å². The molecular weight excluding hydrogens is 312 g/mol. The second-order valence-corrected chi connectivity index (χ2v) is 6.49. The van der Waals surface area contributed by atoms with Gasteiger partial charge in [0, 0.05) is 18.1 Å². The van der Waals surface area contributed by atoms with Crippen molar-refractivity contribution in [3.05, 3.63) is 34.9 Å². The first-order valence-electron chi connectivity index (χ1n) is 7.47. The largest absolute Gasteiger partial charge is 0.508 e. The van der Waals surface area contributed by atoms with Crippen molar-refractivity contribution in [1.82, 2.24) is 0 Å². The van der Waals surface area contributed by atoms with Crippen LogP contribution in [0.25, 0.3) is 10.8 Å². The first kappa shape index (κ1) is 16.3. The minimum absolute atomic E-state index is 0.0203. The molecule has 0 bridgehead atoms. The third-order valence-corrected chi connectivity index (χ3v) is 4.56. The van der Waals surface area contributed by atoms with Crippen LogP contribution < -0.4 is 0 Å². The highest BCUT2D eigenvalue weighted by Gasteiger charge is 2.44. The zero-order chi connectivity index (χ0) is 17.8. The molecule has 0 saturated heterocycles. The van der Waals surface area contributed by atoms with Crippen LogP contribution in [-0.2, 0) is 24.5 Å². The van der Waals surface area contributed by atoms with E-state index in [1.165, 1.54) is 19.2 Å². The fourth-order valence-corrected chi connectivity index (χ4v) is 3.08. The van der Waals surface area contributed by atoms with Gasteiger partial charge in [-0.15, -0.1) is 0 Å². The third-order valence-electron chi connectivity index (χ3n) is 4.56. The van der Waals surface area contributed by atoms with Crippen LogP contribution in [0.4, 0.5) is 0 Å². The minimum atomic E-state index is -1.16. The number of benzene rings is 2. The number of phenols is 2. The lowest BCUT2D eigenvalue weighted by Crippen LogP contribution is -2.31. The summed E-state index contributed by atoms with van der Waals surface area (Å²) in [6, 6.07) is 4.55. The molecule has 1 aliphatic rings. The monoisotopic (exact) mass is 330 g/mol. The van der Waals surface area contributed by atoms with Crippen LogP contribution in [0.1, 0.15) is 36.6 Å². The number of hydrogen-bond acceptors (Lipinski definition) is 6. The lowest BCUT2D eigenvalue weighted by Gasteiger charge is -2.24. The highest BCUT2D eigenvalue weighted by molar-refractivity contribution is 6.03. The Morgan fingerprint density at radius 3 is 2.38 bits per heavy atom. The number of phenolic OH excluding ortho intramolecular Hbond substituents is 2. The smallest absolute Gasteiger partial charge is 0.347 e. The number of ether oxygens (including phenoxy) is 2. The molecule has 2 aromatic carbocycles. The van der Waals surface area contributed by atoms with Crippen LogP contribution in [0, 0.1) is 6.92 Å². The molecule has 0 saturated carbocycles. The zero-order valence-electron chi connectivity index (χ0n) is 13.8. The van der Waals surface area contributed by atoms with Crippen molar-refractivity contribution < 1.29 is 29.3 Å². The second-order valence-electron chi connectivity index (χ2n) is 6.49. The van der Waals surface area contributed by atoms with E-state index in [1.807, 2.05) is 0 Å². The fourth-order valence-electron chi connectivity index (χ4n) is 3.08. The van der Waals surface area contributed by atoms with Crippen molar-refractivity contribution in [1.29, 1.82) is 0 Å². The molecule has 0 amide bonds. The summed E-state index contributed by atoms with van der Waals surface area (Å²) in [5.74, 6) is -1.56. The molecule has 2 aromatic rings. The molecule has 0 aromatic heterocycles. The predicted molar refractivity (Wildman–Crippen MR) is 85.9 cm³/mol. The summed E-state index contributed by atoms with van der Waals surface area (Å²) < 4.78 is 10.2. The molecule has 0 aliphatic carbocycles. The number of aromatic hydroxyl groups is 2. The van der Waals surface area contributed by atoms with Crippen LogP contribution in [0.5, 0.6) is 11.5 Å². The topological polar surface area (TPSA) is 93.1 Å². The molecule has 6 heteroatoms. The van der Waals surface area contributed by atoms with Gasteiger partial charge < -0.3 is 19.7 Å². The van der Waals surface area contributed by atoms with Gasteiger partial charge in [0.1, 0.15) is 11.5 Å². The Hall–Kier alpha value is -2.60. The van der Waals surface area contributed by atoms with E-state index in [0.717, 1.165) is 0 Å². The number of aryl methyl sites for hydroxylation is 1. The Bertz CT molecular complexity index is 881. The number of fused-ring (bicyclic) bond motifs is 3. The molecule has 1 aliphatic heterocycles. The van der Waals surface area contributed by atoms with Gasteiger partial charge >= 0.3 is 11.9 Å². The van der Waals surface area contributed by atoms with Crippen molar-refractivity contribution in [2.75, 3.05) is 7.11 Å². The van der Waals surface area contributed by atoms with Crippen molar-refractivity contribution in [3.8, 4) is 11.5 Å². The van der Waals surface area contributed by atoms with Crippen LogP contribution >= 0.6 is 0 Å². The molecule has 0 fully saturated rings. The van der Waals surface area contributed by atoms with Crippen molar-refractivity contribution in [3.63, 3.8) is 0 Å². The van der Waals surface area contributed by atoms with Gasteiger partial charge in [0.25, 0.3) is 0 Å². The summed E-state index contributed by atoms with van der Waals surface area (Å²) in [6.45, 7) is 4.92. The van der Waals surface area contributed by atoms with E-state index in [4.69, 9.17) is 9.47 Å². The number of hydrogen-bond donors (Lipinski definition) is 2. The maximum atomic E-state index is 12.3. The van der Waals surface area contributed by atoms with Crippen molar-refractivity contribution in [2.24, 2.45) is 0 Å². The molecule has 1 heterocycles. The normalized spacial score (nSPS) is 19.8. The molecule has 126 valence electrons. The summed E-state index contributed by atoms with van der Waals surface area (Å²) in [6.07, 6.45) is -1.13. The van der Waals surface area contributed by atoms with Gasteiger partial charge in [0.2, 0.25) is 0 Å². The summed E-state index contributed by atoms with van der Waals surface area (Å²) in [5.41, 5.74) is 0.267. The third kappa shape index (κ3) is 2.14. The first-order valence-corrected chi connectivity index (χ1v) is 7.47.